The number of nitrogens with one attached hydrogen (secondary N) is 1. The SMILES string of the molecule is Cc1ccc(S(=O)(=O)N2CCCC(C(=O)Nc3ccc4nc(C)sc4c3)C2)cc1. The van der Waals surface area contributed by atoms with Crippen molar-refractivity contribution in [3.8, 4) is 0 Å². The van der Waals surface area contributed by atoms with E-state index in [1.807, 2.05) is 32.0 Å². The van der Waals surface area contributed by atoms with E-state index in [9.17, 15) is 13.2 Å². The Morgan fingerprint density at radius 2 is 1.93 bits per heavy atom. The van der Waals surface area contributed by atoms with Crippen LogP contribution in [0, 0.1) is 19.8 Å². The topological polar surface area (TPSA) is 79.4 Å². The third-order valence-electron chi connectivity index (χ3n) is 5.18. The Morgan fingerprint density at radius 1 is 1.17 bits per heavy atom. The molecule has 0 bridgehead atoms. The average molecular weight is 430 g/mol. The van der Waals surface area contributed by atoms with Crippen LogP contribution in [-0.2, 0) is 14.8 Å². The van der Waals surface area contributed by atoms with E-state index in [0.29, 0.717) is 25.1 Å². The molecule has 0 spiro atoms. The van der Waals surface area contributed by atoms with Crippen molar-refractivity contribution < 1.29 is 13.2 Å². The minimum absolute atomic E-state index is 0.144. The lowest BCUT2D eigenvalue weighted by molar-refractivity contribution is -0.120. The molecular formula is C21H23N3O3S2. The van der Waals surface area contributed by atoms with Gasteiger partial charge < -0.3 is 5.32 Å². The smallest absolute Gasteiger partial charge is 0.243 e. The quantitative estimate of drug-likeness (QED) is 0.681. The van der Waals surface area contributed by atoms with E-state index in [1.165, 1.54) is 4.31 Å². The fourth-order valence-corrected chi connectivity index (χ4v) is 5.99. The Morgan fingerprint density at radius 3 is 2.69 bits per heavy atom. The molecule has 1 unspecified atom stereocenters. The zero-order valence-electron chi connectivity index (χ0n) is 16.4. The third kappa shape index (κ3) is 4.19. The monoisotopic (exact) mass is 429 g/mol. The molecule has 152 valence electrons. The molecule has 1 aromatic heterocycles. The van der Waals surface area contributed by atoms with Crippen LogP contribution in [0.4, 0.5) is 5.69 Å². The lowest BCUT2D eigenvalue weighted by Crippen LogP contribution is -2.43. The van der Waals surface area contributed by atoms with Gasteiger partial charge in [-0.15, -0.1) is 11.3 Å². The highest BCUT2D eigenvalue weighted by Crippen LogP contribution is 2.27. The molecule has 0 aliphatic carbocycles. The first-order chi connectivity index (χ1) is 13.8. The summed E-state index contributed by atoms with van der Waals surface area (Å²) in [5, 5.41) is 3.93. The predicted octanol–water partition coefficient (Wildman–Crippen LogP) is 3.95. The Bertz CT molecular complexity index is 1150. The number of aryl methyl sites for hydroxylation is 2. The van der Waals surface area contributed by atoms with E-state index >= 15 is 0 Å². The summed E-state index contributed by atoms with van der Waals surface area (Å²) in [5.74, 6) is -0.516. The highest BCUT2D eigenvalue weighted by molar-refractivity contribution is 7.89. The second-order valence-corrected chi connectivity index (χ2v) is 10.6. The number of rotatable bonds is 4. The molecule has 2 aromatic carbocycles. The molecule has 1 amide bonds. The number of aromatic nitrogens is 1. The van der Waals surface area contributed by atoms with Crippen LogP contribution in [0.2, 0.25) is 0 Å². The first-order valence-corrected chi connectivity index (χ1v) is 11.8. The van der Waals surface area contributed by atoms with Crippen LogP contribution in [-0.4, -0.2) is 36.7 Å². The van der Waals surface area contributed by atoms with Gasteiger partial charge in [0.2, 0.25) is 15.9 Å². The third-order valence-corrected chi connectivity index (χ3v) is 7.99. The van der Waals surface area contributed by atoms with Gasteiger partial charge in [0.05, 0.1) is 26.0 Å². The van der Waals surface area contributed by atoms with E-state index in [1.54, 1.807) is 35.6 Å². The number of amides is 1. The fourth-order valence-electron chi connectivity index (χ4n) is 3.60. The lowest BCUT2D eigenvalue weighted by atomic mass is 9.98. The average Bonchev–Trinajstić information content (AvgIpc) is 3.07. The van der Waals surface area contributed by atoms with Crippen LogP contribution in [0.3, 0.4) is 0 Å². The van der Waals surface area contributed by atoms with Crippen molar-refractivity contribution in [3.63, 3.8) is 0 Å². The Labute approximate surface area is 174 Å². The Kier molecular flexibility index (Phi) is 5.42. The molecular weight excluding hydrogens is 406 g/mol. The number of thiazole rings is 1. The number of hydrogen-bond acceptors (Lipinski definition) is 5. The Hall–Kier alpha value is -2.29. The maximum Gasteiger partial charge on any atom is 0.243 e. The maximum absolute atomic E-state index is 13.0. The van der Waals surface area contributed by atoms with Gasteiger partial charge in [0.15, 0.2) is 0 Å². The largest absolute Gasteiger partial charge is 0.326 e. The number of benzene rings is 2. The molecule has 6 nitrogen and oxygen atoms in total. The molecule has 0 radical (unpaired) electrons. The number of carbonyl (C=O) groups is 1. The number of anilines is 1. The molecule has 1 aliphatic heterocycles. The molecule has 1 saturated heterocycles. The molecule has 3 aromatic rings. The van der Waals surface area contributed by atoms with Gasteiger partial charge in [0.25, 0.3) is 0 Å². The predicted molar refractivity (Wildman–Crippen MR) is 116 cm³/mol. The van der Waals surface area contributed by atoms with Gasteiger partial charge >= 0.3 is 0 Å². The first kappa shape index (κ1) is 20.0. The molecule has 8 heteroatoms. The summed E-state index contributed by atoms with van der Waals surface area (Å²) in [4.78, 5) is 17.5. The van der Waals surface area contributed by atoms with Gasteiger partial charge in [-0.1, -0.05) is 17.7 Å². The number of carbonyl (C=O) groups excluding carboxylic acids is 1. The molecule has 1 fully saturated rings. The van der Waals surface area contributed by atoms with Crippen molar-refractivity contribution >= 4 is 43.2 Å². The zero-order valence-corrected chi connectivity index (χ0v) is 18.0. The maximum atomic E-state index is 13.0. The normalized spacial score (nSPS) is 18.1. The molecule has 2 heterocycles. The first-order valence-electron chi connectivity index (χ1n) is 9.58. The second-order valence-electron chi connectivity index (χ2n) is 7.42. The van der Waals surface area contributed by atoms with Crippen LogP contribution in [0.5, 0.6) is 0 Å². The number of nitrogens with zero attached hydrogens (tertiary/aromatic N) is 2. The lowest BCUT2D eigenvalue weighted by Gasteiger charge is -2.31. The minimum Gasteiger partial charge on any atom is -0.326 e. The minimum atomic E-state index is -3.60. The summed E-state index contributed by atoms with van der Waals surface area (Å²) in [6, 6.07) is 12.5. The van der Waals surface area contributed by atoms with Crippen molar-refractivity contribution in [3.05, 3.63) is 53.0 Å². The van der Waals surface area contributed by atoms with Crippen molar-refractivity contribution in [2.24, 2.45) is 5.92 Å². The van der Waals surface area contributed by atoms with E-state index in [4.69, 9.17) is 0 Å². The van der Waals surface area contributed by atoms with Crippen LogP contribution in [0.15, 0.2) is 47.4 Å². The van der Waals surface area contributed by atoms with E-state index in [2.05, 4.69) is 10.3 Å². The summed E-state index contributed by atoms with van der Waals surface area (Å²) in [6.45, 7) is 4.51. The molecule has 1 aliphatic rings. The number of hydrogen-bond donors (Lipinski definition) is 1. The van der Waals surface area contributed by atoms with Gasteiger partial charge in [-0.05, 0) is 57.0 Å². The van der Waals surface area contributed by atoms with Crippen LogP contribution < -0.4 is 5.32 Å². The summed E-state index contributed by atoms with van der Waals surface area (Å²) in [5.41, 5.74) is 2.64. The fraction of sp³-hybridized carbons (Fsp3) is 0.333. The molecule has 1 N–H and O–H groups in total. The molecule has 1 atom stereocenters. The number of sulfonamides is 1. The van der Waals surface area contributed by atoms with Gasteiger partial charge in [-0.3, -0.25) is 4.79 Å². The van der Waals surface area contributed by atoms with Crippen LogP contribution in [0.1, 0.15) is 23.4 Å². The summed E-state index contributed by atoms with van der Waals surface area (Å²) in [7, 11) is -3.60. The highest BCUT2D eigenvalue weighted by atomic mass is 32.2. The standard InChI is InChI=1S/C21H23N3O3S2/c1-14-5-8-18(9-6-14)29(26,27)24-11-3-4-16(13-24)21(25)23-17-7-10-19-20(12-17)28-15(2)22-19/h5-10,12,16H,3-4,11,13H2,1-2H3,(H,23,25). The number of fused-ring (bicyclic) bond motifs is 1. The summed E-state index contributed by atoms with van der Waals surface area (Å²) in [6.07, 6.45) is 1.34. The van der Waals surface area contributed by atoms with Gasteiger partial charge in [0, 0.05) is 18.8 Å². The summed E-state index contributed by atoms with van der Waals surface area (Å²) >= 11 is 1.58. The Balaban J connectivity index is 1.48. The van der Waals surface area contributed by atoms with Crippen molar-refractivity contribution in [1.29, 1.82) is 0 Å². The zero-order chi connectivity index (χ0) is 20.6. The molecule has 0 saturated carbocycles. The van der Waals surface area contributed by atoms with Crippen molar-refractivity contribution in [2.75, 3.05) is 18.4 Å². The van der Waals surface area contributed by atoms with Crippen LogP contribution in [0.25, 0.3) is 10.2 Å². The van der Waals surface area contributed by atoms with E-state index in [-0.39, 0.29) is 23.3 Å². The molecule has 4 rings (SSSR count). The van der Waals surface area contributed by atoms with Gasteiger partial charge in [-0.25, -0.2) is 13.4 Å². The highest BCUT2D eigenvalue weighted by Gasteiger charge is 2.33. The van der Waals surface area contributed by atoms with Crippen molar-refractivity contribution in [2.45, 2.75) is 31.6 Å². The van der Waals surface area contributed by atoms with Gasteiger partial charge in [0.1, 0.15) is 0 Å². The van der Waals surface area contributed by atoms with E-state index < -0.39 is 10.0 Å². The van der Waals surface area contributed by atoms with E-state index in [0.717, 1.165) is 20.8 Å². The van der Waals surface area contributed by atoms with Crippen molar-refractivity contribution in [1.82, 2.24) is 9.29 Å². The summed E-state index contributed by atoms with van der Waals surface area (Å²) < 4.78 is 28.4. The van der Waals surface area contributed by atoms with Gasteiger partial charge in [-0.2, -0.15) is 4.31 Å². The number of piperidine rings is 1. The van der Waals surface area contributed by atoms with Crippen LogP contribution >= 0.6 is 11.3 Å². The second kappa shape index (κ2) is 7.85. The molecule has 29 heavy (non-hydrogen) atoms.